The highest BCUT2D eigenvalue weighted by Gasteiger charge is 2.35. The van der Waals surface area contributed by atoms with Gasteiger partial charge in [0.05, 0.1) is 6.54 Å². The third kappa shape index (κ3) is 5.22. The number of rotatable bonds is 5. The Balaban J connectivity index is 0.00000192. The Bertz CT molecular complexity index is 479. The van der Waals surface area contributed by atoms with Crippen LogP contribution in [0.2, 0.25) is 0 Å². The largest absolute Gasteiger partial charge is 0.349 e. The van der Waals surface area contributed by atoms with Crippen molar-refractivity contribution in [1.29, 1.82) is 0 Å². The van der Waals surface area contributed by atoms with Crippen LogP contribution in [-0.4, -0.2) is 36.0 Å². The number of nitrogens with one attached hydrogen (secondary N) is 1. The fourth-order valence-corrected chi connectivity index (χ4v) is 4.04. The number of hydrogen-bond donors (Lipinski definition) is 1. The molecule has 0 unspecified atom stereocenters. The fraction of sp³-hybridized carbons (Fsp3) is 0.632. The number of amides is 1. The molecule has 0 radical (unpaired) electrons. The highest BCUT2D eigenvalue weighted by molar-refractivity contribution is 5.85. The van der Waals surface area contributed by atoms with Gasteiger partial charge in [-0.2, -0.15) is 0 Å². The second-order valence-corrected chi connectivity index (χ2v) is 7.03. The molecule has 0 atom stereocenters. The van der Waals surface area contributed by atoms with E-state index in [1.54, 1.807) is 0 Å². The molecule has 4 heteroatoms. The van der Waals surface area contributed by atoms with Crippen LogP contribution < -0.4 is 5.32 Å². The van der Waals surface area contributed by atoms with Crippen LogP contribution in [0.25, 0.3) is 0 Å². The number of benzene rings is 1. The number of carbonyl (C=O) groups excluding carboxylic acids is 1. The van der Waals surface area contributed by atoms with Crippen molar-refractivity contribution in [1.82, 2.24) is 10.2 Å². The molecule has 1 aliphatic heterocycles. The standard InChI is InChI=1S/C19H28N2O.ClH/c22-18(16-21-13-7-2-8-14-21)20-19(11-5-6-12-19)15-17-9-3-1-4-10-17;/h1,3-4,9-10H,2,5-8,11-16H2,(H,20,22);1H. The molecule has 3 rings (SSSR count). The Hall–Kier alpha value is -1.06. The van der Waals surface area contributed by atoms with Crippen LogP contribution in [0.5, 0.6) is 0 Å². The van der Waals surface area contributed by atoms with E-state index in [2.05, 4.69) is 40.5 Å². The van der Waals surface area contributed by atoms with Gasteiger partial charge in [0, 0.05) is 5.54 Å². The molecule has 2 aliphatic rings. The van der Waals surface area contributed by atoms with Gasteiger partial charge in [0.2, 0.25) is 5.91 Å². The van der Waals surface area contributed by atoms with Crippen molar-refractivity contribution < 1.29 is 4.79 Å². The first-order chi connectivity index (χ1) is 10.8. The van der Waals surface area contributed by atoms with E-state index in [4.69, 9.17) is 0 Å². The summed E-state index contributed by atoms with van der Waals surface area (Å²) < 4.78 is 0. The Kier molecular flexibility index (Phi) is 6.91. The van der Waals surface area contributed by atoms with E-state index in [9.17, 15) is 4.79 Å². The van der Waals surface area contributed by atoms with Gasteiger partial charge < -0.3 is 5.32 Å². The minimum Gasteiger partial charge on any atom is -0.349 e. The minimum absolute atomic E-state index is 0. The van der Waals surface area contributed by atoms with E-state index < -0.39 is 0 Å². The van der Waals surface area contributed by atoms with Crippen molar-refractivity contribution in [3.63, 3.8) is 0 Å². The SMILES string of the molecule is Cl.O=C(CN1CCCCC1)NC1(Cc2ccccc2)CCCC1. The van der Waals surface area contributed by atoms with Crippen molar-refractivity contribution in [2.45, 2.75) is 56.9 Å². The molecule has 1 aromatic carbocycles. The van der Waals surface area contributed by atoms with E-state index in [-0.39, 0.29) is 23.9 Å². The number of halogens is 1. The molecule has 1 aliphatic carbocycles. The van der Waals surface area contributed by atoms with Crippen molar-refractivity contribution >= 4 is 18.3 Å². The molecule has 0 spiro atoms. The molecule has 0 aromatic heterocycles. The molecule has 1 aromatic rings. The van der Waals surface area contributed by atoms with Gasteiger partial charge in [-0.3, -0.25) is 9.69 Å². The number of nitrogens with zero attached hydrogens (tertiary/aromatic N) is 1. The smallest absolute Gasteiger partial charge is 0.234 e. The van der Waals surface area contributed by atoms with Crippen LogP contribution in [0.4, 0.5) is 0 Å². The predicted octanol–water partition coefficient (Wildman–Crippen LogP) is 3.57. The topological polar surface area (TPSA) is 32.3 Å². The van der Waals surface area contributed by atoms with Crippen LogP contribution in [0.3, 0.4) is 0 Å². The van der Waals surface area contributed by atoms with Crippen LogP contribution in [0.15, 0.2) is 30.3 Å². The first kappa shape index (κ1) is 18.3. The summed E-state index contributed by atoms with van der Waals surface area (Å²) in [6.45, 7) is 2.74. The van der Waals surface area contributed by atoms with Gasteiger partial charge >= 0.3 is 0 Å². The van der Waals surface area contributed by atoms with Crippen LogP contribution in [0, 0.1) is 0 Å². The molecule has 1 saturated heterocycles. The van der Waals surface area contributed by atoms with Crippen molar-refractivity contribution in [3.05, 3.63) is 35.9 Å². The van der Waals surface area contributed by atoms with Gasteiger partial charge in [-0.25, -0.2) is 0 Å². The van der Waals surface area contributed by atoms with Crippen LogP contribution in [0.1, 0.15) is 50.5 Å². The summed E-state index contributed by atoms with van der Waals surface area (Å²) in [5, 5.41) is 3.41. The highest BCUT2D eigenvalue weighted by Crippen LogP contribution is 2.32. The summed E-state index contributed by atoms with van der Waals surface area (Å²) in [7, 11) is 0. The molecule has 23 heavy (non-hydrogen) atoms. The summed E-state index contributed by atoms with van der Waals surface area (Å²) in [5.74, 6) is 0.222. The Morgan fingerprint density at radius 1 is 1.00 bits per heavy atom. The number of likely N-dealkylation sites (tertiary alicyclic amines) is 1. The number of hydrogen-bond acceptors (Lipinski definition) is 2. The van der Waals surface area contributed by atoms with Crippen LogP contribution in [-0.2, 0) is 11.2 Å². The molecule has 1 saturated carbocycles. The number of carbonyl (C=O) groups is 1. The molecule has 1 amide bonds. The summed E-state index contributed by atoms with van der Waals surface area (Å²) in [6, 6.07) is 10.6. The third-order valence-electron chi connectivity index (χ3n) is 5.17. The minimum atomic E-state index is -0.00573. The second kappa shape index (κ2) is 8.70. The van der Waals surface area contributed by atoms with Crippen LogP contribution >= 0.6 is 12.4 Å². The van der Waals surface area contributed by atoms with Gasteiger partial charge in [-0.15, -0.1) is 12.4 Å². The van der Waals surface area contributed by atoms with Gasteiger partial charge in [0.25, 0.3) is 0 Å². The second-order valence-electron chi connectivity index (χ2n) is 7.03. The van der Waals surface area contributed by atoms with Crippen molar-refractivity contribution in [2.75, 3.05) is 19.6 Å². The van der Waals surface area contributed by atoms with E-state index in [1.165, 1.54) is 37.7 Å². The van der Waals surface area contributed by atoms with E-state index in [0.29, 0.717) is 6.54 Å². The van der Waals surface area contributed by atoms with E-state index in [0.717, 1.165) is 32.4 Å². The lowest BCUT2D eigenvalue weighted by Gasteiger charge is -2.33. The normalized spacial score (nSPS) is 20.7. The Morgan fingerprint density at radius 2 is 1.65 bits per heavy atom. The molecule has 0 bridgehead atoms. The zero-order valence-corrected chi connectivity index (χ0v) is 14.7. The lowest BCUT2D eigenvalue weighted by molar-refractivity contribution is -0.124. The average Bonchev–Trinajstić information content (AvgIpc) is 2.97. The Labute approximate surface area is 146 Å². The molecule has 1 heterocycles. The molecule has 3 nitrogen and oxygen atoms in total. The maximum Gasteiger partial charge on any atom is 0.234 e. The third-order valence-corrected chi connectivity index (χ3v) is 5.17. The van der Waals surface area contributed by atoms with Gasteiger partial charge in [-0.1, -0.05) is 49.6 Å². The molecular formula is C19H29ClN2O. The monoisotopic (exact) mass is 336 g/mol. The quantitative estimate of drug-likeness (QED) is 0.891. The van der Waals surface area contributed by atoms with Gasteiger partial charge in [0.15, 0.2) is 0 Å². The zero-order valence-electron chi connectivity index (χ0n) is 13.9. The van der Waals surface area contributed by atoms with Gasteiger partial charge in [0.1, 0.15) is 0 Å². The summed E-state index contributed by atoms with van der Waals surface area (Å²) in [4.78, 5) is 14.8. The maximum atomic E-state index is 12.5. The molecule has 2 fully saturated rings. The van der Waals surface area contributed by atoms with E-state index in [1.807, 2.05) is 0 Å². The maximum absolute atomic E-state index is 12.5. The van der Waals surface area contributed by atoms with E-state index >= 15 is 0 Å². The predicted molar refractivity (Wildman–Crippen MR) is 97.0 cm³/mol. The van der Waals surface area contributed by atoms with Crippen molar-refractivity contribution in [2.24, 2.45) is 0 Å². The summed E-state index contributed by atoms with van der Waals surface area (Å²) in [6.07, 6.45) is 9.47. The summed E-state index contributed by atoms with van der Waals surface area (Å²) >= 11 is 0. The highest BCUT2D eigenvalue weighted by atomic mass is 35.5. The van der Waals surface area contributed by atoms with Gasteiger partial charge in [-0.05, 0) is 50.8 Å². The average molecular weight is 337 g/mol. The Morgan fingerprint density at radius 3 is 2.30 bits per heavy atom. The molecular weight excluding hydrogens is 308 g/mol. The zero-order chi connectivity index (χ0) is 15.3. The van der Waals surface area contributed by atoms with Crippen molar-refractivity contribution in [3.8, 4) is 0 Å². The lowest BCUT2D eigenvalue weighted by Crippen LogP contribution is -2.51. The summed E-state index contributed by atoms with van der Waals surface area (Å²) in [5.41, 5.74) is 1.33. The number of piperidine rings is 1. The lowest BCUT2D eigenvalue weighted by atomic mass is 9.89. The first-order valence-electron chi connectivity index (χ1n) is 8.83. The molecule has 1 N–H and O–H groups in total. The molecule has 128 valence electrons. The fourth-order valence-electron chi connectivity index (χ4n) is 4.04. The first-order valence-corrected chi connectivity index (χ1v) is 8.83.